The molecule has 0 radical (unpaired) electrons. The quantitative estimate of drug-likeness (QED) is 0.443. The van der Waals surface area contributed by atoms with Gasteiger partial charge in [-0.15, -0.1) is 16.4 Å². The molecular weight excluding hydrogens is 426 g/mol. The highest BCUT2D eigenvalue weighted by atomic mass is 32.1. The molecule has 0 aliphatic rings. The third-order valence-electron chi connectivity index (χ3n) is 4.34. The van der Waals surface area contributed by atoms with Crippen LogP contribution in [0.1, 0.15) is 10.7 Å². The Kier molecular flexibility index (Phi) is 4.75. The van der Waals surface area contributed by atoms with Crippen LogP contribution in [0.25, 0.3) is 33.0 Å². The van der Waals surface area contributed by atoms with Crippen molar-refractivity contribution in [1.82, 2.24) is 40.3 Å². The molecule has 0 unspecified atom stereocenters. The first kappa shape index (κ1) is 19.1. The van der Waals surface area contributed by atoms with Crippen molar-refractivity contribution >= 4 is 22.4 Å². The number of H-pyrrole nitrogens is 1. The summed E-state index contributed by atoms with van der Waals surface area (Å²) in [5.41, 5.74) is 0.847. The number of nitrogens with zero attached hydrogens (tertiary/aromatic N) is 7. The normalized spacial score (nSPS) is 11.2. The van der Waals surface area contributed by atoms with Crippen molar-refractivity contribution < 1.29 is 13.5 Å². The predicted molar refractivity (Wildman–Crippen MR) is 107 cm³/mol. The summed E-state index contributed by atoms with van der Waals surface area (Å²) in [6.45, 7) is 2.02. The average Bonchev–Trinajstić information content (AvgIpc) is 3.43. The van der Waals surface area contributed by atoms with Gasteiger partial charge in [-0.25, -0.2) is 33.7 Å². The maximum absolute atomic E-state index is 14.9. The van der Waals surface area contributed by atoms with Crippen molar-refractivity contribution in [2.24, 2.45) is 0 Å². The predicted octanol–water partition coefficient (Wildman–Crippen LogP) is 3.49. The second-order valence-electron chi connectivity index (χ2n) is 6.36. The second-order valence-corrected chi connectivity index (χ2v) is 7.45. The van der Waals surface area contributed by atoms with Gasteiger partial charge in [0.05, 0.1) is 21.8 Å². The smallest absolute Gasteiger partial charge is 0.316 e. The highest BCUT2D eigenvalue weighted by Crippen LogP contribution is 2.32. The molecule has 0 aliphatic heterocycles. The van der Waals surface area contributed by atoms with Gasteiger partial charge in [-0.05, 0) is 25.1 Å². The molecule has 31 heavy (non-hydrogen) atoms. The SMILES string of the molecule is Cc1nc(COc2ncccn2)sc1-c1ccnc(-c2cc(F)c3nn[nH]c3c2F)n1. The fourth-order valence-corrected chi connectivity index (χ4v) is 3.90. The second kappa shape index (κ2) is 7.72. The number of aryl methyl sites for hydroxylation is 1. The first-order valence-electron chi connectivity index (χ1n) is 8.99. The van der Waals surface area contributed by atoms with Crippen molar-refractivity contribution in [2.45, 2.75) is 13.5 Å². The van der Waals surface area contributed by atoms with E-state index in [2.05, 4.69) is 40.3 Å². The summed E-state index contributed by atoms with van der Waals surface area (Å²) in [6.07, 6.45) is 4.65. The molecule has 0 saturated heterocycles. The lowest BCUT2D eigenvalue weighted by Gasteiger charge is -2.05. The lowest BCUT2D eigenvalue weighted by molar-refractivity contribution is 0.280. The number of hydrogen-bond acceptors (Lipinski definition) is 9. The van der Waals surface area contributed by atoms with Crippen LogP contribution in [-0.4, -0.2) is 40.3 Å². The molecule has 9 nitrogen and oxygen atoms in total. The fourth-order valence-electron chi connectivity index (χ4n) is 2.96. The van der Waals surface area contributed by atoms with Crippen LogP contribution in [-0.2, 0) is 6.61 Å². The van der Waals surface area contributed by atoms with Crippen LogP contribution in [0, 0.1) is 18.6 Å². The van der Waals surface area contributed by atoms with E-state index in [1.54, 1.807) is 24.5 Å². The molecule has 0 amide bonds. The van der Waals surface area contributed by atoms with Crippen LogP contribution in [0.3, 0.4) is 0 Å². The highest BCUT2D eigenvalue weighted by Gasteiger charge is 2.20. The lowest BCUT2D eigenvalue weighted by atomic mass is 10.1. The van der Waals surface area contributed by atoms with Gasteiger partial charge in [-0.3, -0.25) is 5.10 Å². The zero-order chi connectivity index (χ0) is 21.4. The molecule has 0 aliphatic carbocycles. The van der Waals surface area contributed by atoms with Gasteiger partial charge in [0.2, 0.25) is 0 Å². The zero-order valence-electron chi connectivity index (χ0n) is 15.9. The number of aromatic amines is 1. The number of nitrogens with one attached hydrogen (secondary N) is 1. The van der Waals surface area contributed by atoms with Crippen molar-refractivity contribution in [1.29, 1.82) is 0 Å². The Bertz CT molecular complexity index is 1390. The molecular formula is C19H12F2N8OS. The van der Waals surface area contributed by atoms with Crippen LogP contribution in [0.15, 0.2) is 36.8 Å². The van der Waals surface area contributed by atoms with Crippen LogP contribution in [0.4, 0.5) is 8.78 Å². The number of ether oxygens (including phenoxy) is 1. The molecule has 1 N–H and O–H groups in total. The first-order valence-corrected chi connectivity index (χ1v) is 9.80. The summed E-state index contributed by atoms with van der Waals surface area (Å²) >= 11 is 1.37. The maximum Gasteiger partial charge on any atom is 0.316 e. The summed E-state index contributed by atoms with van der Waals surface area (Å²) in [5.74, 6) is -1.41. The number of thiazole rings is 1. The number of benzene rings is 1. The summed E-state index contributed by atoms with van der Waals surface area (Å²) in [5, 5.41) is 10.1. The summed E-state index contributed by atoms with van der Waals surface area (Å²) < 4.78 is 34.7. The van der Waals surface area contributed by atoms with E-state index in [-0.39, 0.29) is 35.0 Å². The Morgan fingerprint density at radius 2 is 1.94 bits per heavy atom. The molecule has 0 fully saturated rings. The van der Waals surface area contributed by atoms with Gasteiger partial charge in [0, 0.05) is 18.6 Å². The van der Waals surface area contributed by atoms with Gasteiger partial charge in [0.25, 0.3) is 0 Å². The Morgan fingerprint density at radius 3 is 2.77 bits per heavy atom. The highest BCUT2D eigenvalue weighted by molar-refractivity contribution is 7.15. The Labute approximate surface area is 177 Å². The van der Waals surface area contributed by atoms with Crippen molar-refractivity contribution in [3.63, 3.8) is 0 Å². The van der Waals surface area contributed by atoms with E-state index in [1.807, 2.05) is 6.92 Å². The third kappa shape index (κ3) is 3.57. The molecule has 1 aromatic carbocycles. The van der Waals surface area contributed by atoms with Gasteiger partial charge >= 0.3 is 6.01 Å². The lowest BCUT2D eigenvalue weighted by Crippen LogP contribution is -1.98. The average molecular weight is 438 g/mol. The molecule has 0 saturated carbocycles. The van der Waals surface area contributed by atoms with E-state index in [1.165, 1.54) is 17.5 Å². The topological polar surface area (TPSA) is 115 Å². The largest absolute Gasteiger partial charge is 0.456 e. The minimum atomic E-state index is -0.725. The van der Waals surface area contributed by atoms with Gasteiger partial charge < -0.3 is 4.74 Å². The summed E-state index contributed by atoms with van der Waals surface area (Å²) in [6, 6.07) is 4.64. The van der Waals surface area contributed by atoms with Gasteiger partial charge in [-0.1, -0.05) is 5.21 Å². The number of aromatic nitrogens is 8. The fraction of sp³-hybridized carbons (Fsp3) is 0.105. The van der Waals surface area contributed by atoms with E-state index >= 15 is 0 Å². The van der Waals surface area contributed by atoms with E-state index in [0.717, 1.165) is 16.6 Å². The maximum atomic E-state index is 14.9. The molecule has 5 aromatic rings. The molecule has 4 heterocycles. The van der Waals surface area contributed by atoms with E-state index in [9.17, 15) is 8.78 Å². The van der Waals surface area contributed by atoms with Gasteiger partial charge in [0.1, 0.15) is 17.1 Å². The molecule has 5 rings (SSSR count). The third-order valence-corrected chi connectivity index (χ3v) is 5.49. The Hall–Kier alpha value is -3.93. The summed E-state index contributed by atoms with van der Waals surface area (Å²) in [4.78, 5) is 21.8. The number of rotatable bonds is 5. The number of halogens is 2. The molecule has 0 bridgehead atoms. The van der Waals surface area contributed by atoms with Crippen LogP contribution >= 0.6 is 11.3 Å². The van der Waals surface area contributed by atoms with Crippen LogP contribution < -0.4 is 4.74 Å². The number of hydrogen-bond donors (Lipinski definition) is 1. The summed E-state index contributed by atoms with van der Waals surface area (Å²) in [7, 11) is 0. The van der Waals surface area contributed by atoms with Crippen molar-refractivity contribution in [3.05, 3.63) is 59.1 Å². The molecule has 12 heteroatoms. The minimum absolute atomic E-state index is 0.0358. The number of fused-ring (bicyclic) bond motifs is 1. The molecule has 4 aromatic heterocycles. The Morgan fingerprint density at radius 1 is 1.10 bits per heavy atom. The van der Waals surface area contributed by atoms with Gasteiger partial charge in [-0.2, -0.15) is 0 Å². The van der Waals surface area contributed by atoms with Crippen molar-refractivity contribution in [3.8, 4) is 28.0 Å². The van der Waals surface area contributed by atoms with E-state index in [0.29, 0.717) is 10.7 Å². The first-order chi connectivity index (χ1) is 15.1. The molecule has 0 spiro atoms. The Balaban J connectivity index is 1.47. The van der Waals surface area contributed by atoms with Gasteiger partial charge in [0.15, 0.2) is 23.0 Å². The monoisotopic (exact) mass is 438 g/mol. The van der Waals surface area contributed by atoms with Crippen LogP contribution in [0.5, 0.6) is 6.01 Å². The van der Waals surface area contributed by atoms with E-state index in [4.69, 9.17) is 4.74 Å². The van der Waals surface area contributed by atoms with E-state index < -0.39 is 11.6 Å². The molecule has 154 valence electrons. The molecule has 0 atom stereocenters. The van der Waals surface area contributed by atoms with Crippen molar-refractivity contribution in [2.75, 3.05) is 0 Å². The van der Waals surface area contributed by atoms with Crippen LogP contribution in [0.2, 0.25) is 0 Å². The zero-order valence-corrected chi connectivity index (χ0v) is 16.7. The minimum Gasteiger partial charge on any atom is -0.456 e. The standard InChI is InChI=1S/C19H12F2N8OS/c1-9-17(31-13(25-9)8-30-19-23-4-2-5-24-19)12-3-6-22-18(26-12)10-7-11(20)15-16(14(10)21)28-29-27-15/h2-7H,8H2,1H3,(H,27,28,29).